The molecule has 2 unspecified atom stereocenters. The maximum absolute atomic E-state index is 12.3. The standard InChI is InChI=1S/C30H54NO6P/c1-4-6-7-8-9-10-11-12-13-15-22-35-30-19-17-27(18-20-30)24-28(25-29(32)5-2)26-37-38(33,34)36-23-16-14-21-31-3/h17-20,28,31H,4-16,21-26H2,1-3H3,(H,33,34)/p+1. The first kappa shape index (κ1) is 34.8. The van der Waals surface area contributed by atoms with E-state index in [1.54, 1.807) is 0 Å². The van der Waals surface area contributed by atoms with E-state index in [-0.39, 0.29) is 24.9 Å². The number of nitrogens with two attached hydrogens (primary N) is 1. The molecule has 0 saturated heterocycles. The Hall–Kier alpha value is -1.24. The number of ketones is 1. The monoisotopic (exact) mass is 556 g/mol. The molecule has 0 aromatic heterocycles. The molecule has 7 nitrogen and oxygen atoms in total. The molecule has 2 atom stereocenters. The quantitative estimate of drug-likeness (QED) is 0.0983. The van der Waals surface area contributed by atoms with Gasteiger partial charge in [0.25, 0.3) is 0 Å². The summed E-state index contributed by atoms with van der Waals surface area (Å²) in [4.78, 5) is 22.1. The Morgan fingerprint density at radius 2 is 1.47 bits per heavy atom. The van der Waals surface area contributed by atoms with Crippen LogP contribution in [0.4, 0.5) is 0 Å². The lowest BCUT2D eigenvalue weighted by atomic mass is 9.94. The van der Waals surface area contributed by atoms with Gasteiger partial charge in [0.15, 0.2) is 0 Å². The number of carbonyl (C=O) groups excluding carboxylic acids is 1. The minimum atomic E-state index is -4.13. The van der Waals surface area contributed by atoms with Gasteiger partial charge >= 0.3 is 7.82 Å². The SMILES string of the molecule is CCCCCCCCCCCCOc1ccc(CC(COP(=O)(O)OCCCC[NH2+]C)CC(=O)CC)cc1. The second-order valence-electron chi connectivity index (χ2n) is 10.3. The second kappa shape index (κ2) is 22.6. The minimum absolute atomic E-state index is 0.000747. The molecule has 0 amide bonds. The number of hydrogen-bond donors (Lipinski definition) is 2. The van der Waals surface area contributed by atoms with E-state index in [1.807, 2.05) is 38.2 Å². The average Bonchev–Trinajstić information content (AvgIpc) is 2.91. The molecule has 1 aromatic rings. The molecule has 8 heteroatoms. The third kappa shape index (κ3) is 18.9. The van der Waals surface area contributed by atoms with Crippen LogP contribution in [0.3, 0.4) is 0 Å². The average molecular weight is 557 g/mol. The van der Waals surface area contributed by atoms with E-state index >= 15 is 0 Å². The van der Waals surface area contributed by atoms with Gasteiger partial charge in [0.2, 0.25) is 0 Å². The van der Waals surface area contributed by atoms with Crippen molar-refractivity contribution in [3.8, 4) is 5.75 Å². The molecule has 1 aromatic carbocycles. The Bertz CT molecular complexity index is 758. The van der Waals surface area contributed by atoms with E-state index < -0.39 is 7.82 Å². The third-order valence-electron chi connectivity index (χ3n) is 6.74. The molecular weight excluding hydrogens is 501 g/mol. The molecule has 0 fully saturated rings. The number of benzene rings is 1. The highest BCUT2D eigenvalue weighted by Crippen LogP contribution is 2.44. The van der Waals surface area contributed by atoms with Crippen molar-refractivity contribution >= 4 is 13.6 Å². The summed E-state index contributed by atoms with van der Waals surface area (Å²) in [5.41, 5.74) is 1.04. The van der Waals surface area contributed by atoms with Crippen LogP contribution in [0.2, 0.25) is 0 Å². The Labute approximate surface area is 232 Å². The van der Waals surface area contributed by atoms with Gasteiger partial charge in [0.1, 0.15) is 11.5 Å². The number of phosphoric ester groups is 1. The molecule has 0 bridgehead atoms. The van der Waals surface area contributed by atoms with Crippen molar-refractivity contribution in [1.29, 1.82) is 0 Å². The normalized spacial score (nSPS) is 13.8. The molecular formula is C30H55NO6P+. The molecule has 0 spiro atoms. The summed E-state index contributed by atoms with van der Waals surface area (Å²) in [6, 6.07) is 7.91. The van der Waals surface area contributed by atoms with Crippen molar-refractivity contribution in [2.24, 2.45) is 5.92 Å². The second-order valence-corrected chi connectivity index (χ2v) is 11.8. The van der Waals surface area contributed by atoms with Gasteiger partial charge in [-0.3, -0.25) is 13.8 Å². The maximum atomic E-state index is 12.3. The summed E-state index contributed by atoms with van der Waals surface area (Å²) in [5.74, 6) is 0.759. The zero-order valence-electron chi connectivity index (χ0n) is 24.3. The molecule has 0 aliphatic rings. The summed E-state index contributed by atoms with van der Waals surface area (Å²) >= 11 is 0. The first-order valence-corrected chi connectivity index (χ1v) is 16.5. The van der Waals surface area contributed by atoms with Crippen molar-refractivity contribution in [2.75, 3.05) is 33.4 Å². The van der Waals surface area contributed by atoms with Gasteiger partial charge in [-0.1, -0.05) is 83.8 Å². The van der Waals surface area contributed by atoms with Crippen LogP contribution in [-0.4, -0.2) is 44.1 Å². The number of hydrogen-bond acceptors (Lipinski definition) is 5. The van der Waals surface area contributed by atoms with E-state index in [0.717, 1.165) is 37.3 Å². The fourth-order valence-electron chi connectivity index (χ4n) is 4.36. The fraction of sp³-hybridized carbons (Fsp3) is 0.767. The highest BCUT2D eigenvalue weighted by molar-refractivity contribution is 7.47. The highest BCUT2D eigenvalue weighted by atomic mass is 31.2. The van der Waals surface area contributed by atoms with Crippen molar-refractivity contribution in [2.45, 2.75) is 110 Å². The lowest BCUT2D eigenvalue weighted by Crippen LogP contribution is -2.79. The van der Waals surface area contributed by atoms with Crippen molar-refractivity contribution < 1.29 is 33.4 Å². The summed E-state index contributed by atoms with van der Waals surface area (Å²) in [5, 5.41) is 2.06. The number of carbonyl (C=O) groups is 1. The van der Waals surface area contributed by atoms with Crippen molar-refractivity contribution in [3.63, 3.8) is 0 Å². The lowest BCUT2D eigenvalue weighted by molar-refractivity contribution is -0.627. The fourth-order valence-corrected chi connectivity index (χ4v) is 5.19. The minimum Gasteiger partial charge on any atom is -0.494 e. The largest absolute Gasteiger partial charge is 0.494 e. The molecule has 3 N–H and O–H groups in total. The van der Waals surface area contributed by atoms with Crippen LogP contribution in [0, 0.1) is 5.92 Å². The zero-order valence-corrected chi connectivity index (χ0v) is 25.2. The highest BCUT2D eigenvalue weighted by Gasteiger charge is 2.24. The molecule has 0 aliphatic heterocycles. The van der Waals surface area contributed by atoms with Gasteiger partial charge in [-0.2, -0.15) is 0 Å². The van der Waals surface area contributed by atoms with E-state index in [9.17, 15) is 14.3 Å². The molecule has 0 aliphatic carbocycles. The smallest absolute Gasteiger partial charge is 0.472 e. The van der Waals surface area contributed by atoms with Crippen LogP contribution >= 0.6 is 7.82 Å². The molecule has 0 radical (unpaired) electrons. The van der Waals surface area contributed by atoms with Crippen LogP contribution in [0.15, 0.2) is 24.3 Å². The number of unbranched alkanes of at least 4 members (excludes halogenated alkanes) is 10. The molecule has 0 saturated carbocycles. The van der Waals surface area contributed by atoms with Crippen LogP contribution in [-0.2, 0) is 24.8 Å². The Balaban J connectivity index is 2.36. The van der Waals surface area contributed by atoms with Gasteiger partial charge in [0.05, 0.1) is 33.4 Å². The third-order valence-corrected chi connectivity index (χ3v) is 7.72. The van der Waals surface area contributed by atoms with Gasteiger partial charge in [-0.15, -0.1) is 0 Å². The van der Waals surface area contributed by atoms with E-state index in [2.05, 4.69) is 12.2 Å². The number of phosphoric acid groups is 1. The Morgan fingerprint density at radius 1 is 0.868 bits per heavy atom. The zero-order chi connectivity index (χ0) is 27.9. The molecule has 38 heavy (non-hydrogen) atoms. The summed E-state index contributed by atoms with van der Waals surface area (Å²) in [6.45, 7) is 5.94. The Kier molecular flexibility index (Phi) is 20.7. The van der Waals surface area contributed by atoms with Crippen LogP contribution in [0.5, 0.6) is 5.75 Å². The van der Waals surface area contributed by atoms with E-state index in [4.69, 9.17) is 13.8 Å². The first-order valence-electron chi connectivity index (χ1n) is 15.0. The van der Waals surface area contributed by atoms with Crippen molar-refractivity contribution in [1.82, 2.24) is 0 Å². The van der Waals surface area contributed by atoms with Gasteiger partial charge in [0, 0.05) is 12.8 Å². The number of ether oxygens (including phenoxy) is 1. The summed E-state index contributed by atoms with van der Waals surface area (Å²) in [6.07, 6.45) is 15.9. The van der Waals surface area contributed by atoms with Crippen LogP contribution < -0.4 is 10.1 Å². The number of rotatable bonds is 26. The van der Waals surface area contributed by atoms with Gasteiger partial charge in [-0.25, -0.2) is 4.57 Å². The predicted octanol–water partition coefficient (Wildman–Crippen LogP) is 6.62. The number of quaternary nitrogens is 1. The van der Waals surface area contributed by atoms with Crippen LogP contribution in [0.25, 0.3) is 0 Å². The van der Waals surface area contributed by atoms with E-state index in [0.29, 0.717) is 25.7 Å². The lowest BCUT2D eigenvalue weighted by Gasteiger charge is -2.19. The summed E-state index contributed by atoms with van der Waals surface area (Å²) < 4.78 is 28.5. The number of Topliss-reactive ketones (excluding diaryl/α,β-unsaturated/α-hetero) is 1. The van der Waals surface area contributed by atoms with Gasteiger partial charge in [-0.05, 0) is 49.3 Å². The van der Waals surface area contributed by atoms with Crippen molar-refractivity contribution in [3.05, 3.63) is 29.8 Å². The molecule has 1 rings (SSSR count). The topological polar surface area (TPSA) is 98.7 Å². The maximum Gasteiger partial charge on any atom is 0.472 e. The van der Waals surface area contributed by atoms with Crippen LogP contribution in [0.1, 0.15) is 109 Å². The predicted molar refractivity (Wildman–Crippen MR) is 155 cm³/mol. The molecule has 0 heterocycles. The summed E-state index contributed by atoms with van der Waals surface area (Å²) in [7, 11) is -2.15. The van der Waals surface area contributed by atoms with E-state index in [1.165, 1.54) is 57.8 Å². The molecule has 220 valence electrons. The first-order chi connectivity index (χ1) is 18.4. The Morgan fingerprint density at radius 3 is 2.08 bits per heavy atom. The van der Waals surface area contributed by atoms with Gasteiger partial charge < -0.3 is 14.9 Å².